The summed E-state index contributed by atoms with van der Waals surface area (Å²) in [5.41, 5.74) is 3.67. The molecule has 1 amide bonds. The lowest BCUT2D eigenvalue weighted by Gasteiger charge is -2.28. The first-order valence-electron chi connectivity index (χ1n) is 9.08. The zero-order chi connectivity index (χ0) is 18.8. The number of morpholine rings is 1. The van der Waals surface area contributed by atoms with Gasteiger partial charge in [0.05, 0.1) is 18.2 Å². The number of ether oxygens (including phenoxy) is 1. The molecule has 6 heteroatoms. The topological polar surface area (TPSA) is 46.5 Å². The molecule has 0 aliphatic carbocycles. The maximum Gasteiger partial charge on any atom is 0.269 e. The van der Waals surface area contributed by atoms with Crippen molar-refractivity contribution in [1.29, 1.82) is 0 Å². The van der Waals surface area contributed by atoms with Crippen LogP contribution >= 0.6 is 11.6 Å². The largest absolute Gasteiger partial charge is 0.378 e. The third-order valence-electron chi connectivity index (χ3n) is 5.03. The van der Waals surface area contributed by atoms with Gasteiger partial charge < -0.3 is 19.5 Å². The molecule has 2 aromatic carbocycles. The van der Waals surface area contributed by atoms with Crippen LogP contribution in [0.15, 0.2) is 48.5 Å². The van der Waals surface area contributed by atoms with Gasteiger partial charge in [-0.15, -0.1) is 0 Å². The summed E-state index contributed by atoms with van der Waals surface area (Å²) in [4.78, 5) is 15.0. The lowest BCUT2D eigenvalue weighted by atomic mass is 10.2. The van der Waals surface area contributed by atoms with Gasteiger partial charge in [0, 0.05) is 43.3 Å². The van der Waals surface area contributed by atoms with E-state index in [1.807, 2.05) is 48.0 Å². The number of benzene rings is 2. The van der Waals surface area contributed by atoms with Crippen molar-refractivity contribution in [2.75, 3.05) is 31.2 Å². The van der Waals surface area contributed by atoms with Gasteiger partial charge in [-0.05, 0) is 23.8 Å². The zero-order valence-corrected chi connectivity index (χ0v) is 16.0. The molecule has 1 saturated heterocycles. The standard InChI is InChI=1S/C21H22ClN3O2/c1-24-18-5-3-2-4-17(18)19(22)20(24)21(26)23-14-15-6-8-16(9-7-15)25-10-12-27-13-11-25/h2-9H,10-14H2,1H3,(H,23,26). The fourth-order valence-electron chi connectivity index (χ4n) is 3.51. The fourth-order valence-corrected chi connectivity index (χ4v) is 3.88. The number of para-hydroxylation sites is 1. The number of amides is 1. The van der Waals surface area contributed by atoms with Gasteiger partial charge in [-0.25, -0.2) is 0 Å². The second-order valence-corrected chi connectivity index (χ2v) is 7.07. The molecule has 0 radical (unpaired) electrons. The number of rotatable bonds is 4. The molecule has 4 rings (SSSR count). The quantitative estimate of drug-likeness (QED) is 0.748. The van der Waals surface area contributed by atoms with Crippen LogP contribution < -0.4 is 10.2 Å². The molecule has 1 aromatic heterocycles. The number of halogens is 1. The first kappa shape index (κ1) is 17.9. The molecule has 1 aliphatic heterocycles. The molecule has 2 heterocycles. The minimum Gasteiger partial charge on any atom is -0.378 e. The van der Waals surface area contributed by atoms with Gasteiger partial charge in [-0.1, -0.05) is 41.9 Å². The molecular weight excluding hydrogens is 362 g/mol. The molecule has 0 saturated carbocycles. The van der Waals surface area contributed by atoms with E-state index < -0.39 is 0 Å². The van der Waals surface area contributed by atoms with Gasteiger partial charge in [0.25, 0.3) is 5.91 Å². The van der Waals surface area contributed by atoms with Gasteiger partial charge in [-0.3, -0.25) is 4.79 Å². The maximum absolute atomic E-state index is 12.7. The van der Waals surface area contributed by atoms with Crippen LogP contribution in [0.25, 0.3) is 10.9 Å². The Balaban J connectivity index is 1.45. The molecule has 0 unspecified atom stereocenters. The number of carbonyl (C=O) groups excluding carboxylic acids is 1. The Hall–Kier alpha value is -2.50. The van der Waals surface area contributed by atoms with Crippen molar-refractivity contribution < 1.29 is 9.53 Å². The van der Waals surface area contributed by atoms with E-state index >= 15 is 0 Å². The molecular formula is C21H22ClN3O2. The fraction of sp³-hybridized carbons (Fsp3) is 0.286. The third kappa shape index (κ3) is 3.53. The Morgan fingerprint density at radius 2 is 1.81 bits per heavy atom. The summed E-state index contributed by atoms with van der Waals surface area (Å²) in [5, 5.41) is 4.36. The molecule has 140 valence electrons. The summed E-state index contributed by atoms with van der Waals surface area (Å²) in [6, 6.07) is 16.0. The van der Waals surface area contributed by atoms with Crippen LogP contribution in [0.5, 0.6) is 0 Å². The Morgan fingerprint density at radius 3 is 2.52 bits per heavy atom. The second-order valence-electron chi connectivity index (χ2n) is 6.69. The molecule has 0 atom stereocenters. The number of hydrogen-bond donors (Lipinski definition) is 1. The molecule has 1 N–H and O–H groups in total. The lowest BCUT2D eigenvalue weighted by molar-refractivity contribution is 0.0943. The van der Waals surface area contributed by atoms with Crippen LogP contribution in [0.1, 0.15) is 16.1 Å². The summed E-state index contributed by atoms with van der Waals surface area (Å²) in [7, 11) is 1.86. The van der Waals surface area contributed by atoms with E-state index in [1.54, 1.807) is 0 Å². The van der Waals surface area contributed by atoms with Crippen LogP contribution in [0, 0.1) is 0 Å². The Labute approximate surface area is 163 Å². The summed E-state index contributed by atoms with van der Waals surface area (Å²) >= 11 is 6.45. The highest BCUT2D eigenvalue weighted by Gasteiger charge is 2.19. The maximum atomic E-state index is 12.7. The van der Waals surface area contributed by atoms with E-state index in [9.17, 15) is 4.79 Å². The number of carbonyl (C=O) groups is 1. The van der Waals surface area contributed by atoms with Gasteiger partial charge in [0.15, 0.2) is 0 Å². The molecule has 5 nitrogen and oxygen atoms in total. The average Bonchev–Trinajstić information content (AvgIpc) is 2.98. The Morgan fingerprint density at radius 1 is 1.11 bits per heavy atom. The number of nitrogens with one attached hydrogen (secondary N) is 1. The van der Waals surface area contributed by atoms with Crippen LogP contribution in [-0.4, -0.2) is 36.8 Å². The number of aryl methyl sites for hydroxylation is 1. The predicted octanol–water partition coefficient (Wildman–Crippen LogP) is 3.60. The van der Waals surface area contributed by atoms with E-state index in [1.165, 1.54) is 5.69 Å². The van der Waals surface area contributed by atoms with Gasteiger partial charge in [0.2, 0.25) is 0 Å². The minimum atomic E-state index is -0.170. The van der Waals surface area contributed by atoms with Crippen molar-refractivity contribution in [3.63, 3.8) is 0 Å². The lowest BCUT2D eigenvalue weighted by Crippen LogP contribution is -2.36. The van der Waals surface area contributed by atoms with Crippen LogP contribution in [0.3, 0.4) is 0 Å². The van der Waals surface area contributed by atoms with E-state index in [0.29, 0.717) is 17.3 Å². The highest BCUT2D eigenvalue weighted by atomic mass is 35.5. The molecule has 27 heavy (non-hydrogen) atoms. The summed E-state index contributed by atoms with van der Waals surface area (Å²) in [5.74, 6) is -0.170. The van der Waals surface area contributed by atoms with Crippen molar-refractivity contribution >= 4 is 34.1 Å². The van der Waals surface area contributed by atoms with E-state index in [0.717, 1.165) is 42.8 Å². The monoisotopic (exact) mass is 383 g/mol. The first-order chi connectivity index (χ1) is 13.1. The Bertz CT molecular complexity index is 920. The summed E-state index contributed by atoms with van der Waals surface area (Å²) < 4.78 is 7.23. The van der Waals surface area contributed by atoms with Crippen LogP contribution in [0.4, 0.5) is 5.69 Å². The number of fused-ring (bicyclic) bond motifs is 1. The number of hydrogen-bond acceptors (Lipinski definition) is 3. The predicted molar refractivity (Wildman–Crippen MR) is 109 cm³/mol. The van der Waals surface area contributed by atoms with Crippen molar-refractivity contribution in [2.24, 2.45) is 7.05 Å². The second kappa shape index (κ2) is 7.62. The SMILES string of the molecule is Cn1c(C(=O)NCc2ccc(N3CCOCC3)cc2)c(Cl)c2ccccc21. The molecule has 0 bridgehead atoms. The molecule has 3 aromatic rings. The highest BCUT2D eigenvalue weighted by Crippen LogP contribution is 2.29. The number of anilines is 1. The van der Waals surface area contributed by atoms with E-state index in [-0.39, 0.29) is 5.91 Å². The molecule has 1 aliphatic rings. The van der Waals surface area contributed by atoms with E-state index in [4.69, 9.17) is 16.3 Å². The van der Waals surface area contributed by atoms with Gasteiger partial charge >= 0.3 is 0 Å². The van der Waals surface area contributed by atoms with Gasteiger partial charge in [0.1, 0.15) is 5.69 Å². The molecule has 1 fully saturated rings. The minimum absolute atomic E-state index is 0.170. The van der Waals surface area contributed by atoms with E-state index in [2.05, 4.69) is 22.3 Å². The summed E-state index contributed by atoms with van der Waals surface area (Å²) in [6.45, 7) is 3.82. The van der Waals surface area contributed by atoms with Gasteiger partial charge in [-0.2, -0.15) is 0 Å². The first-order valence-corrected chi connectivity index (χ1v) is 9.45. The van der Waals surface area contributed by atoms with Crippen molar-refractivity contribution in [2.45, 2.75) is 6.54 Å². The van der Waals surface area contributed by atoms with Crippen molar-refractivity contribution in [3.8, 4) is 0 Å². The highest BCUT2D eigenvalue weighted by molar-refractivity contribution is 6.38. The Kier molecular flexibility index (Phi) is 5.05. The third-order valence-corrected chi connectivity index (χ3v) is 5.41. The zero-order valence-electron chi connectivity index (χ0n) is 15.2. The smallest absolute Gasteiger partial charge is 0.269 e. The number of aromatic nitrogens is 1. The molecule has 0 spiro atoms. The normalized spacial score (nSPS) is 14.5. The van der Waals surface area contributed by atoms with Crippen molar-refractivity contribution in [1.82, 2.24) is 9.88 Å². The number of nitrogens with zero attached hydrogens (tertiary/aromatic N) is 2. The van der Waals surface area contributed by atoms with Crippen LogP contribution in [0.2, 0.25) is 5.02 Å². The van der Waals surface area contributed by atoms with Crippen molar-refractivity contribution in [3.05, 3.63) is 64.8 Å². The average molecular weight is 384 g/mol. The van der Waals surface area contributed by atoms with Crippen LogP contribution in [-0.2, 0) is 18.3 Å². The summed E-state index contributed by atoms with van der Waals surface area (Å²) in [6.07, 6.45) is 0.